The molecule has 92 valence electrons. The van der Waals surface area contributed by atoms with Crippen molar-refractivity contribution in [3.63, 3.8) is 0 Å². The van der Waals surface area contributed by atoms with Gasteiger partial charge in [0.15, 0.2) is 0 Å². The van der Waals surface area contributed by atoms with Crippen molar-refractivity contribution >= 4 is 11.6 Å². The minimum atomic E-state index is -0.108. The van der Waals surface area contributed by atoms with Gasteiger partial charge in [0, 0.05) is 18.4 Å². The van der Waals surface area contributed by atoms with Gasteiger partial charge in [0.2, 0.25) is 0 Å². The van der Waals surface area contributed by atoms with Crippen LogP contribution in [0.1, 0.15) is 21.6 Å². The number of benzene rings is 1. The second-order valence-electron chi connectivity index (χ2n) is 4.45. The van der Waals surface area contributed by atoms with E-state index in [1.54, 1.807) is 12.3 Å². The van der Waals surface area contributed by atoms with Crippen LogP contribution in [0.5, 0.6) is 0 Å². The van der Waals surface area contributed by atoms with Crippen LogP contribution >= 0.6 is 0 Å². The van der Waals surface area contributed by atoms with Gasteiger partial charge in [-0.25, -0.2) is 0 Å². The summed E-state index contributed by atoms with van der Waals surface area (Å²) >= 11 is 0. The van der Waals surface area contributed by atoms with Gasteiger partial charge in [-0.2, -0.15) is 0 Å². The summed E-state index contributed by atoms with van der Waals surface area (Å²) in [4.78, 5) is 14.8. The molecule has 0 radical (unpaired) electrons. The third kappa shape index (κ3) is 2.15. The maximum Gasteiger partial charge on any atom is 0.272 e. The number of hydrogen-bond acceptors (Lipinski definition) is 2. The van der Waals surface area contributed by atoms with E-state index in [9.17, 15) is 4.79 Å². The van der Waals surface area contributed by atoms with Crippen molar-refractivity contribution < 1.29 is 4.79 Å². The third-order valence-corrected chi connectivity index (χ3v) is 3.19. The topological polar surface area (TPSA) is 56.9 Å². The number of H-pyrrole nitrogens is 1. The zero-order valence-corrected chi connectivity index (χ0v) is 9.99. The highest BCUT2D eigenvalue weighted by atomic mass is 16.1. The van der Waals surface area contributed by atoms with Crippen LogP contribution in [0.3, 0.4) is 0 Å². The molecule has 0 bridgehead atoms. The van der Waals surface area contributed by atoms with Crippen molar-refractivity contribution in [2.24, 2.45) is 0 Å². The van der Waals surface area contributed by atoms with Crippen LogP contribution < -0.4 is 10.6 Å². The first kappa shape index (κ1) is 11.0. The summed E-state index contributed by atoms with van der Waals surface area (Å²) in [7, 11) is 0. The van der Waals surface area contributed by atoms with Crippen molar-refractivity contribution in [1.82, 2.24) is 10.3 Å². The molecule has 0 saturated heterocycles. The normalized spacial score (nSPS) is 14.0. The lowest BCUT2D eigenvalue weighted by atomic mass is 10.0. The second kappa shape index (κ2) is 4.66. The molecular weight excluding hydrogens is 226 g/mol. The molecule has 4 nitrogen and oxygen atoms in total. The largest absolute Gasteiger partial charge is 0.357 e. The van der Waals surface area contributed by atoms with Gasteiger partial charge in [0.05, 0.1) is 0 Å². The number of amides is 1. The molecule has 2 aromatic rings. The summed E-state index contributed by atoms with van der Waals surface area (Å²) < 4.78 is 0. The number of anilines is 1. The van der Waals surface area contributed by atoms with Crippen LogP contribution in [0.15, 0.2) is 36.5 Å². The summed E-state index contributed by atoms with van der Waals surface area (Å²) in [6.45, 7) is 1.91. The van der Waals surface area contributed by atoms with E-state index in [0.717, 1.165) is 25.2 Å². The molecule has 1 aromatic carbocycles. The number of aromatic nitrogens is 1. The predicted molar refractivity (Wildman–Crippen MR) is 70.6 cm³/mol. The van der Waals surface area contributed by atoms with E-state index in [2.05, 4.69) is 21.7 Å². The van der Waals surface area contributed by atoms with E-state index in [1.807, 2.05) is 18.2 Å². The summed E-state index contributed by atoms with van der Waals surface area (Å²) in [5, 5.41) is 6.23. The molecule has 0 unspecified atom stereocenters. The molecule has 1 aromatic heterocycles. The van der Waals surface area contributed by atoms with Gasteiger partial charge in [-0.3, -0.25) is 4.79 Å². The summed E-state index contributed by atoms with van der Waals surface area (Å²) in [6.07, 6.45) is 2.80. The fourth-order valence-electron chi connectivity index (χ4n) is 2.23. The molecule has 0 saturated carbocycles. The first-order chi connectivity index (χ1) is 8.83. The van der Waals surface area contributed by atoms with Gasteiger partial charge in [-0.1, -0.05) is 6.07 Å². The molecule has 0 atom stereocenters. The van der Waals surface area contributed by atoms with Crippen molar-refractivity contribution in [3.8, 4) is 0 Å². The first-order valence-electron chi connectivity index (χ1n) is 6.10. The SMILES string of the molecule is O=C(Nc1ccc2c(c1)CNCC2)c1ccc[nH]1. The molecule has 2 heterocycles. The van der Waals surface area contributed by atoms with E-state index >= 15 is 0 Å². The molecule has 18 heavy (non-hydrogen) atoms. The van der Waals surface area contributed by atoms with Crippen molar-refractivity contribution in [3.05, 3.63) is 53.3 Å². The average molecular weight is 241 g/mol. The minimum absolute atomic E-state index is 0.108. The predicted octanol–water partition coefficient (Wildman–Crippen LogP) is 1.91. The fraction of sp³-hybridized carbons (Fsp3) is 0.214. The van der Waals surface area contributed by atoms with Gasteiger partial charge in [0.25, 0.3) is 5.91 Å². The molecule has 3 N–H and O–H groups in total. The van der Waals surface area contributed by atoms with Gasteiger partial charge >= 0.3 is 0 Å². The average Bonchev–Trinajstić information content (AvgIpc) is 2.92. The third-order valence-electron chi connectivity index (χ3n) is 3.19. The number of carbonyl (C=O) groups is 1. The van der Waals surface area contributed by atoms with Crippen LogP contribution in [0.2, 0.25) is 0 Å². The highest BCUT2D eigenvalue weighted by molar-refractivity contribution is 6.02. The lowest BCUT2D eigenvalue weighted by Crippen LogP contribution is -2.23. The quantitative estimate of drug-likeness (QED) is 0.752. The Labute approximate surface area is 105 Å². The zero-order valence-electron chi connectivity index (χ0n) is 9.99. The lowest BCUT2D eigenvalue weighted by molar-refractivity contribution is 0.102. The molecule has 0 fully saturated rings. The van der Waals surface area contributed by atoms with Crippen LogP contribution in [0.25, 0.3) is 0 Å². The Morgan fingerprint density at radius 1 is 1.22 bits per heavy atom. The monoisotopic (exact) mass is 241 g/mol. The molecule has 1 aliphatic heterocycles. The van der Waals surface area contributed by atoms with Crippen LogP contribution in [0.4, 0.5) is 5.69 Å². The van der Waals surface area contributed by atoms with Gasteiger partial charge < -0.3 is 15.6 Å². The first-order valence-corrected chi connectivity index (χ1v) is 6.10. The van der Waals surface area contributed by atoms with E-state index in [0.29, 0.717) is 5.69 Å². The van der Waals surface area contributed by atoms with Gasteiger partial charge in [-0.05, 0) is 48.4 Å². The number of fused-ring (bicyclic) bond motifs is 1. The van der Waals surface area contributed by atoms with Crippen molar-refractivity contribution in [1.29, 1.82) is 0 Å². The minimum Gasteiger partial charge on any atom is -0.357 e. The van der Waals surface area contributed by atoms with E-state index in [-0.39, 0.29) is 5.91 Å². The van der Waals surface area contributed by atoms with Crippen LogP contribution in [-0.2, 0) is 13.0 Å². The van der Waals surface area contributed by atoms with Crippen LogP contribution in [0, 0.1) is 0 Å². The highest BCUT2D eigenvalue weighted by Gasteiger charge is 2.11. The van der Waals surface area contributed by atoms with E-state index in [1.165, 1.54) is 11.1 Å². The summed E-state index contributed by atoms with van der Waals surface area (Å²) in [5.41, 5.74) is 4.06. The maximum atomic E-state index is 11.9. The Morgan fingerprint density at radius 2 is 2.17 bits per heavy atom. The van der Waals surface area contributed by atoms with Gasteiger partial charge in [0.1, 0.15) is 5.69 Å². The number of rotatable bonds is 2. The highest BCUT2D eigenvalue weighted by Crippen LogP contribution is 2.19. The number of aromatic amines is 1. The smallest absolute Gasteiger partial charge is 0.272 e. The van der Waals surface area contributed by atoms with Crippen molar-refractivity contribution in [2.75, 3.05) is 11.9 Å². The molecule has 4 heteroatoms. The standard InChI is InChI=1S/C14H15N3O/c18-14(13-2-1-6-16-13)17-12-4-3-10-5-7-15-9-11(10)8-12/h1-4,6,8,15-16H,5,7,9H2,(H,17,18). The molecule has 0 spiro atoms. The Kier molecular flexibility index (Phi) is 2.86. The molecule has 1 amide bonds. The number of hydrogen-bond donors (Lipinski definition) is 3. The summed E-state index contributed by atoms with van der Waals surface area (Å²) in [6, 6.07) is 9.68. The maximum absolute atomic E-state index is 11.9. The molecule has 1 aliphatic rings. The fourth-order valence-corrected chi connectivity index (χ4v) is 2.23. The Balaban J connectivity index is 1.79. The number of carbonyl (C=O) groups excluding carboxylic acids is 1. The molecule has 0 aliphatic carbocycles. The Hall–Kier alpha value is -2.07. The number of nitrogens with one attached hydrogen (secondary N) is 3. The van der Waals surface area contributed by atoms with Gasteiger partial charge in [-0.15, -0.1) is 0 Å². The zero-order chi connectivity index (χ0) is 12.4. The van der Waals surface area contributed by atoms with E-state index < -0.39 is 0 Å². The molecule has 3 rings (SSSR count). The Bertz CT molecular complexity index is 560. The van der Waals surface area contributed by atoms with Crippen LogP contribution in [-0.4, -0.2) is 17.4 Å². The van der Waals surface area contributed by atoms with E-state index in [4.69, 9.17) is 0 Å². The Morgan fingerprint density at radius 3 is 3.00 bits per heavy atom. The van der Waals surface area contributed by atoms with Crippen molar-refractivity contribution in [2.45, 2.75) is 13.0 Å². The summed E-state index contributed by atoms with van der Waals surface area (Å²) in [5.74, 6) is -0.108. The second-order valence-corrected chi connectivity index (χ2v) is 4.45. The lowest BCUT2D eigenvalue weighted by Gasteiger charge is -2.18. The molecular formula is C14H15N3O.